The maximum atomic E-state index is 11.4. The number of ketones is 1. The zero-order chi connectivity index (χ0) is 12.6. The van der Waals surface area contributed by atoms with Crippen molar-refractivity contribution in [3.63, 3.8) is 0 Å². The third kappa shape index (κ3) is 2.08. The second-order valence-corrected chi connectivity index (χ2v) is 4.39. The molecule has 1 aliphatic rings. The summed E-state index contributed by atoms with van der Waals surface area (Å²) in [5.41, 5.74) is 1.45. The van der Waals surface area contributed by atoms with Crippen molar-refractivity contribution in [2.75, 3.05) is 12.4 Å². The van der Waals surface area contributed by atoms with Gasteiger partial charge in [0.1, 0.15) is 0 Å². The lowest BCUT2D eigenvalue weighted by Gasteiger charge is -2.17. The van der Waals surface area contributed by atoms with E-state index in [9.17, 15) is 14.4 Å². The van der Waals surface area contributed by atoms with Crippen molar-refractivity contribution < 1.29 is 19.1 Å². The Morgan fingerprint density at radius 1 is 1.41 bits per heavy atom. The predicted molar refractivity (Wildman–Crippen MR) is 62.8 cm³/mol. The largest absolute Gasteiger partial charge is 0.465 e. The molecule has 0 spiro atoms. The molecule has 1 aromatic rings. The van der Waals surface area contributed by atoms with Crippen molar-refractivity contribution in [2.24, 2.45) is 0 Å². The number of ether oxygens (including phenoxy) is 1. The number of anilines is 1. The average Bonchev–Trinajstić information content (AvgIpc) is 2.30. The molecular formula is C11H8BrNO4. The van der Waals surface area contributed by atoms with E-state index in [0.717, 1.165) is 0 Å². The molecule has 1 heterocycles. The number of halogens is 1. The highest BCUT2D eigenvalue weighted by Crippen LogP contribution is 2.29. The lowest BCUT2D eigenvalue weighted by molar-refractivity contribution is -0.134. The summed E-state index contributed by atoms with van der Waals surface area (Å²) < 4.78 is 5.14. The van der Waals surface area contributed by atoms with Crippen molar-refractivity contribution in [3.8, 4) is 0 Å². The maximum absolute atomic E-state index is 11.4. The number of fused-ring (bicyclic) bond motifs is 1. The molecule has 1 N–H and O–H groups in total. The van der Waals surface area contributed by atoms with Crippen molar-refractivity contribution in [1.82, 2.24) is 0 Å². The lowest BCUT2D eigenvalue weighted by Crippen LogP contribution is -2.30. The third-order valence-corrected chi connectivity index (χ3v) is 3.11. The van der Waals surface area contributed by atoms with E-state index in [1.54, 1.807) is 6.07 Å². The van der Waals surface area contributed by atoms with Crippen LogP contribution in [0.3, 0.4) is 0 Å². The maximum Gasteiger partial charge on any atom is 0.339 e. The summed E-state index contributed by atoms with van der Waals surface area (Å²) in [7, 11) is 1.27. The Bertz CT molecular complexity index is 539. The van der Waals surface area contributed by atoms with Gasteiger partial charge in [0, 0.05) is 16.6 Å². The van der Waals surface area contributed by atoms with E-state index in [-0.39, 0.29) is 6.42 Å². The second kappa shape index (κ2) is 4.29. The van der Waals surface area contributed by atoms with E-state index in [1.165, 1.54) is 13.2 Å². The fourth-order valence-electron chi connectivity index (χ4n) is 1.59. The number of carbonyl (C=O) groups is 3. The van der Waals surface area contributed by atoms with Crippen LogP contribution in [0, 0.1) is 0 Å². The first-order chi connectivity index (χ1) is 8.02. The van der Waals surface area contributed by atoms with E-state index in [2.05, 4.69) is 26.0 Å². The van der Waals surface area contributed by atoms with Crippen LogP contribution in [-0.4, -0.2) is 24.8 Å². The van der Waals surface area contributed by atoms with Gasteiger partial charge < -0.3 is 10.1 Å². The summed E-state index contributed by atoms with van der Waals surface area (Å²) in [6.07, 6.45) is 0.0429. The van der Waals surface area contributed by atoms with Crippen molar-refractivity contribution in [2.45, 2.75) is 6.42 Å². The fourth-order valence-corrected chi connectivity index (χ4v) is 2.14. The van der Waals surface area contributed by atoms with Crippen LogP contribution < -0.4 is 5.32 Å². The lowest BCUT2D eigenvalue weighted by atomic mass is 10.00. The molecule has 0 bridgehead atoms. The minimum atomic E-state index is -0.657. The third-order valence-electron chi connectivity index (χ3n) is 2.45. The van der Waals surface area contributed by atoms with Crippen molar-refractivity contribution in [3.05, 3.63) is 27.7 Å². The highest BCUT2D eigenvalue weighted by molar-refractivity contribution is 9.10. The molecule has 0 unspecified atom stereocenters. The van der Waals surface area contributed by atoms with E-state index in [4.69, 9.17) is 0 Å². The molecule has 1 amide bonds. The molecule has 0 aromatic heterocycles. The molecule has 17 heavy (non-hydrogen) atoms. The Balaban J connectivity index is 2.50. The number of methoxy groups -OCH3 is 1. The van der Waals surface area contributed by atoms with Gasteiger partial charge in [-0.1, -0.05) is 0 Å². The molecule has 2 rings (SSSR count). The van der Waals surface area contributed by atoms with Crippen LogP contribution in [0.25, 0.3) is 0 Å². The van der Waals surface area contributed by atoms with E-state index in [0.29, 0.717) is 21.3 Å². The van der Waals surface area contributed by atoms with Crippen molar-refractivity contribution in [1.29, 1.82) is 0 Å². The molecule has 88 valence electrons. The Kier molecular flexibility index (Phi) is 2.97. The Labute approximate surface area is 105 Å². The number of amides is 1. The normalized spacial score (nSPS) is 14.0. The van der Waals surface area contributed by atoms with Crippen molar-refractivity contribution >= 4 is 39.3 Å². The molecule has 1 aliphatic heterocycles. The molecule has 6 heteroatoms. The molecular weight excluding hydrogens is 290 g/mol. The first-order valence-electron chi connectivity index (χ1n) is 4.78. The van der Waals surface area contributed by atoms with Gasteiger partial charge in [-0.05, 0) is 33.6 Å². The van der Waals surface area contributed by atoms with Gasteiger partial charge in [-0.25, -0.2) is 4.79 Å². The molecule has 5 nitrogen and oxygen atoms in total. The minimum Gasteiger partial charge on any atom is -0.465 e. The van der Waals surface area contributed by atoms with E-state index < -0.39 is 17.7 Å². The highest BCUT2D eigenvalue weighted by atomic mass is 79.9. The molecule has 1 aromatic carbocycles. The SMILES string of the molecule is COC(=O)c1cc2c(cc1Br)CC(=O)C(=O)N2. The fraction of sp³-hybridized carbons (Fsp3) is 0.182. The van der Waals surface area contributed by atoms with Crippen LogP contribution >= 0.6 is 15.9 Å². The van der Waals surface area contributed by atoms with Crippen LogP contribution in [0.2, 0.25) is 0 Å². The van der Waals surface area contributed by atoms with E-state index in [1.807, 2.05) is 0 Å². The molecule has 0 aliphatic carbocycles. The summed E-state index contributed by atoms with van der Waals surface area (Å²) >= 11 is 3.23. The van der Waals surface area contributed by atoms with Gasteiger partial charge in [-0.2, -0.15) is 0 Å². The summed E-state index contributed by atoms with van der Waals surface area (Å²) in [5, 5.41) is 2.44. The topological polar surface area (TPSA) is 72.5 Å². The molecule has 0 atom stereocenters. The first-order valence-corrected chi connectivity index (χ1v) is 5.57. The van der Waals surface area contributed by atoms with Crippen LogP contribution in [0.5, 0.6) is 0 Å². The summed E-state index contributed by atoms with van der Waals surface area (Å²) in [6.45, 7) is 0. The molecule has 0 saturated heterocycles. The number of carbonyl (C=O) groups excluding carboxylic acids is 3. The Hall–Kier alpha value is -1.69. The quantitative estimate of drug-likeness (QED) is 0.626. The number of Topliss-reactive ketones (excluding diaryl/α,β-unsaturated/α-hetero) is 1. The predicted octanol–water partition coefficient (Wildman–Crippen LogP) is 1.30. The number of esters is 1. The zero-order valence-corrected chi connectivity index (χ0v) is 10.5. The summed E-state index contributed by atoms with van der Waals surface area (Å²) in [4.78, 5) is 33.9. The van der Waals surface area contributed by atoms with Gasteiger partial charge in [-0.15, -0.1) is 0 Å². The van der Waals surface area contributed by atoms with Gasteiger partial charge >= 0.3 is 5.97 Å². The van der Waals surface area contributed by atoms with Gasteiger partial charge in [0.25, 0.3) is 5.91 Å². The number of benzene rings is 1. The molecule has 0 saturated carbocycles. The number of hydrogen-bond acceptors (Lipinski definition) is 4. The first kappa shape index (κ1) is 11.8. The summed E-state index contributed by atoms with van der Waals surface area (Å²) in [6, 6.07) is 3.13. The van der Waals surface area contributed by atoms with Gasteiger partial charge in [0.05, 0.1) is 12.7 Å². The second-order valence-electron chi connectivity index (χ2n) is 3.53. The Morgan fingerprint density at radius 3 is 2.76 bits per heavy atom. The van der Waals surface area contributed by atoms with Gasteiger partial charge in [0.2, 0.25) is 5.78 Å². The van der Waals surface area contributed by atoms with Crippen LogP contribution in [0.15, 0.2) is 16.6 Å². The number of hydrogen-bond donors (Lipinski definition) is 1. The average molecular weight is 298 g/mol. The zero-order valence-electron chi connectivity index (χ0n) is 8.87. The smallest absolute Gasteiger partial charge is 0.339 e. The van der Waals surface area contributed by atoms with Crippen LogP contribution in [0.4, 0.5) is 5.69 Å². The standard InChI is InChI=1S/C11H8BrNO4/c1-17-11(16)6-4-8-5(2-7(6)12)3-9(14)10(15)13-8/h2,4H,3H2,1H3,(H,13,15). The molecule has 0 fully saturated rings. The number of nitrogens with one attached hydrogen (secondary N) is 1. The van der Waals surface area contributed by atoms with E-state index >= 15 is 0 Å². The van der Waals surface area contributed by atoms with Gasteiger partial charge in [0.15, 0.2) is 0 Å². The monoisotopic (exact) mass is 297 g/mol. The highest BCUT2D eigenvalue weighted by Gasteiger charge is 2.25. The number of rotatable bonds is 1. The molecule has 0 radical (unpaired) electrons. The van der Waals surface area contributed by atoms with Gasteiger partial charge in [-0.3, -0.25) is 9.59 Å². The minimum absolute atomic E-state index is 0.0429. The van der Waals surface area contributed by atoms with Crippen LogP contribution in [-0.2, 0) is 20.7 Å². The van der Waals surface area contributed by atoms with Crippen LogP contribution in [0.1, 0.15) is 15.9 Å². The summed E-state index contributed by atoms with van der Waals surface area (Å²) in [5.74, 6) is -1.66. The Morgan fingerprint density at radius 2 is 2.12 bits per heavy atom.